The Morgan fingerprint density at radius 1 is 1.10 bits per heavy atom. The first-order chi connectivity index (χ1) is 9.55. The van der Waals surface area contributed by atoms with E-state index in [4.69, 9.17) is 0 Å². The predicted octanol–water partition coefficient (Wildman–Crippen LogP) is 5.03. The molecule has 1 N–H and O–H groups in total. The van der Waals surface area contributed by atoms with E-state index in [9.17, 15) is 0 Å². The molecule has 1 aromatic rings. The summed E-state index contributed by atoms with van der Waals surface area (Å²) in [5, 5.41) is 4.01. The van der Waals surface area contributed by atoms with E-state index in [1.165, 1.54) is 41.9 Å². The van der Waals surface area contributed by atoms with Gasteiger partial charge in [-0.05, 0) is 35.8 Å². The summed E-state index contributed by atoms with van der Waals surface area (Å²) in [6.07, 6.45) is 5.55. The summed E-state index contributed by atoms with van der Waals surface area (Å²) >= 11 is 2.01. The minimum atomic E-state index is 0.420. The number of hydrogen-bond acceptors (Lipinski definition) is 2. The van der Waals surface area contributed by atoms with Crippen molar-refractivity contribution in [3.63, 3.8) is 0 Å². The molecule has 0 aromatic heterocycles. The molecule has 1 aromatic carbocycles. The van der Waals surface area contributed by atoms with Crippen molar-refractivity contribution < 1.29 is 0 Å². The van der Waals surface area contributed by atoms with Gasteiger partial charge in [0.05, 0.1) is 0 Å². The molecule has 0 amide bonds. The van der Waals surface area contributed by atoms with Crippen molar-refractivity contribution in [3.05, 3.63) is 29.8 Å². The van der Waals surface area contributed by atoms with Crippen molar-refractivity contribution in [2.75, 3.05) is 5.75 Å². The van der Waals surface area contributed by atoms with Crippen LogP contribution >= 0.6 is 11.8 Å². The number of rotatable bonds is 2. The number of thioether (sulfide) groups is 1. The second kappa shape index (κ2) is 5.73. The van der Waals surface area contributed by atoms with Gasteiger partial charge in [0.1, 0.15) is 0 Å². The van der Waals surface area contributed by atoms with Crippen molar-refractivity contribution >= 4 is 11.8 Å². The lowest BCUT2D eigenvalue weighted by Gasteiger charge is -2.42. The van der Waals surface area contributed by atoms with Crippen molar-refractivity contribution in [2.24, 2.45) is 11.3 Å². The fourth-order valence-corrected chi connectivity index (χ4v) is 5.10. The number of nitrogens with one attached hydrogen (secondary N) is 1. The Morgan fingerprint density at radius 2 is 1.85 bits per heavy atom. The Hall–Kier alpha value is -0.470. The molecule has 3 atom stereocenters. The van der Waals surface area contributed by atoms with Crippen LogP contribution in [0.5, 0.6) is 0 Å². The summed E-state index contributed by atoms with van der Waals surface area (Å²) < 4.78 is 0. The molecule has 0 bridgehead atoms. The van der Waals surface area contributed by atoms with E-state index < -0.39 is 0 Å². The minimum absolute atomic E-state index is 0.420. The first kappa shape index (κ1) is 14.5. The molecule has 0 spiro atoms. The van der Waals surface area contributed by atoms with Gasteiger partial charge in [-0.15, -0.1) is 11.8 Å². The van der Waals surface area contributed by atoms with Gasteiger partial charge in [-0.3, -0.25) is 0 Å². The fraction of sp³-hybridized carbons (Fsp3) is 0.667. The molecule has 1 aliphatic carbocycles. The lowest BCUT2D eigenvalue weighted by atomic mass is 9.69. The maximum atomic E-state index is 4.01. The summed E-state index contributed by atoms with van der Waals surface area (Å²) in [5.74, 6) is 2.02. The van der Waals surface area contributed by atoms with E-state index >= 15 is 0 Å². The van der Waals surface area contributed by atoms with Crippen LogP contribution < -0.4 is 5.32 Å². The molecule has 1 nitrogen and oxygen atoms in total. The largest absolute Gasteiger partial charge is 0.306 e. The van der Waals surface area contributed by atoms with Crippen LogP contribution in [0.15, 0.2) is 29.2 Å². The van der Waals surface area contributed by atoms with Crippen LogP contribution in [-0.2, 0) is 0 Å². The quantitative estimate of drug-likeness (QED) is 0.819. The van der Waals surface area contributed by atoms with Gasteiger partial charge in [0, 0.05) is 22.7 Å². The minimum Gasteiger partial charge on any atom is -0.306 e. The van der Waals surface area contributed by atoms with Crippen LogP contribution in [0.25, 0.3) is 0 Å². The molecule has 3 unspecified atom stereocenters. The van der Waals surface area contributed by atoms with Gasteiger partial charge < -0.3 is 5.32 Å². The predicted molar refractivity (Wildman–Crippen MR) is 88.2 cm³/mol. The Bertz CT molecular complexity index is 463. The van der Waals surface area contributed by atoms with Crippen LogP contribution in [0, 0.1) is 11.3 Å². The van der Waals surface area contributed by atoms with E-state index in [-0.39, 0.29) is 0 Å². The molecule has 20 heavy (non-hydrogen) atoms. The van der Waals surface area contributed by atoms with Crippen molar-refractivity contribution in [1.29, 1.82) is 0 Å². The molecular weight excluding hydrogens is 262 g/mol. The third-order valence-electron chi connectivity index (χ3n) is 4.99. The van der Waals surface area contributed by atoms with Crippen LogP contribution in [0.2, 0.25) is 0 Å². The first-order valence-electron chi connectivity index (χ1n) is 8.03. The Kier molecular flexibility index (Phi) is 4.14. The maximum absolute atomic E-state index is 4.01. The zero-order chi connectivity index (χ0) is 14.2. The molecule has 2 aliphatic rings. The van der Waals surface area contributed by atoms with Gasteiger partial charge in [0.15, 0.2) is 0 Å². The molecule has 1 fully saturated rings. The van der Waals surface area contributed by atoms with Crippen LogP contribution in [-0.4, -0.2) is 11.8 Å². The average molecular weight is 289 g/mol. The van der Waals surface area contributed by atoms with E-state index in [0.29, 0.717) is 17.5 Å². The van der Waals surface area contributed by atoms with Gasteiger partial charge >= 0.3 is 0 Å². The molecule has 1 heterocycles. The second-order valence-corrected chi connectivity index (χ2v) is 8.49. The summed E-state index contributed by atoms with van der Waals surface area (Å²) in [5.41, 5.74) is 1.94. The highest BCUT2D eigenvalue weighted by molar-refractivity contribution is 7.99. The SMILES string of the molecule is CC(C)(C)C1CCCCC1NC1CSc2ccccc21. The fourth-order valence-electron chi connectivity index (χ4n) is 3.93. The Balaban J connectivity index is 1.74. The van der Waals surface area contributed by atoms with Crippen LogP contribution in [0.4, 0.5) is 0 Å². The molecule has 1 aliphatic heterocycles. The number of benzene rings is 1. The standard InChI is InChI=1S/C18H27NS/c1-18(2,3)14-9-5-6-10-15(14)19-16-12-20-17-11-7-4-8-13(16)17/h4,7-8,11,14-16,19H,5-6,9-10,12H2,1-3H3. The lowest BCUT2D eigenvalue weighted by Crippen LogP contribution is -2.45. The third-order valence-corrected chi connectivity index (χ3v) is 6.18. The molecular formula is C18H27NS. The van der Waals surface area contributed by atoms with E-state index in [1.807, 2.05) is 11.8 Å². The molecule has 110 valence electrons. The van der Waals surface area contributed by atoms with Crippen molar-refractivity contribution in [1.82, 2.24) is 5.32 Å². The summed E-state index contributed by atoms with van der Waals surface area (Å²) in [4.78, 5) is 1.48. The topological polar surface area (TPSA) is 12.0 Å². The Labute approximate surface area is 127 Å². The highest BCUT2D eigenvalue weighted by atomic mass is 32.2. The molecule has 1 saturated carbocycles. The Morgan fingerprint density at radius 3 is 2.65 bits per heavy atom. The average Bonchev–Trinajstić information content (AvgIpc) is 2.82. The molecule has 3 rings (SSSR count). The first-order valence-corrected chi connectivity index (χ1v) is 9.02. The highest BCUT2D eigenvalue weighted by Gasteiger charge is 2.36. The summed E-state index contributed by atoms with van der Waals surface area (Å²) in [7, 11) is 0. The van der Waals surface area contributed by atoms with Gasteiger partial charge in [-0.1, -0.05) is 51.8 Å². The highest BCUT2D eigenvalue weighted by Crippen LogP contribution is 2.42. The number of hydrogen-bond donors (Lipinski definition) is 1. The van der Waals surface area contributed by atoms with Crippen LogP contribution in [0.1, 0.15) is 58.1 Å². The molecule has 0 radical (unpaired) electrons. The van der Waals surface area contributed by atoms with Gasteiger partial charge in [-0.25, -0.2) is 0 Å². The number of fused-ring (bicyclic) bond motifs is 1. The maximum Gasteiger partial charge on any atom is 0.0428 e. The van der Waals surface area contributed by atoms with Gasteiger partial charge in [-0.2, -0.15) is 0 Å². The smallest absolute Gasteiger partial charge is 0.0428 e. The molecule has 2 heteroatoms. The zero-order valence-corrected chi connectivity index (χ0v) is 13.8. The molecule has 0 saturated heterocycles. The van der Waals surface area contributed by atoms with Crippen molar-refractivity contribution in [3.8, 4) is 0 Å². The third kappa shape index (κ3) is 2.92. The normalized spacial score (nSPS) is 30.2. The van der Waals surface area contributed by atoms with E-state index in [0.717, 1.165) is 5.92 Å². The summed E-state index contributed by atoms with van der Waals surface area (Å²) in [6, 6.07) is 10.2. The van der Waals surface area contributed by atoms with Gasteiger partial charge in [0.2, 0.25) is 0 Å². The monoisotopic (exact) mass is 289 g/mol. The zero-order valence-electron chi connectivity index (χ0n) is 13.0. The second-order valence-electron chi connectivity index (χ2n) is 7.43. The van der Waals surface area contributed by atoms with Crippen LogP contribution in [0.3, 0.4) is 0 Å². The lowest BCUT2D eigenvalue weighted by molar-refractivity contribution is 0.125. The van der Waals surface area contributed by atoms with Gasteiger partial charge in [0.25, 0.3) is 0 Å². The van der Waals surface area contributed by atoms with E-state index in [1.54, 1.807) is 0 Å². The van der Waals surface area contributed by atoms with E-state index in [2.05, 4.69) is 50.4 Å². The summed E-state index contributed by atoms with van der Waals surface area (Å²) in [6.45, 7) is 7.24. The van der Waals surface area contributed by atoms with Crippen molar-refractivity contribution in [2.45, 2.75) is 63.4 Å².